The first-order valence-corrected chi connectivity index (χ1v) is 9.91. The average Bonchev–Trinajstić information content (AvgIpc) is 3.07. The Bertz CT molecular complexity index is 867. The third-order valence-electron chi connectivity index (χ3n) is 3.76. The minimum Gasteiger partial charge on any atom is -0.306 e. The van der Waals surface area contributed by atoms with E-state index >= 15 is 0 Å². The number of nitrogens with zero attached hydrogens (tertiary/aromatic N) is 3. The van der Waals surface area contributed by atoms with Gasteiger partial charge in [0.05, 0.1) is 33.9 Å². The minimum absolute atomic E-state index is 0.0652. The van der Waals surface area contributed by atoms with Crippen LogP contribution in [0, 0.1) is 20.8 Å². The summed E-state index contributed by atoms with van der Waals surface area (Å²) in [6.45, 7) is 5.47. The normalized spacial score (nSPS) is 19.9. The summed E-state index contributed by atoms with van der Waals surface area (Å²) in [6, 6.07) is 1.53. The van der Waals surface area contributed by atoms with Crippen LogP contribution in [0.3, 0.4) is 0 Å². The number of carbonyl (C=O) groups is 1. The van der Waals surface area contributed by atoms with Gasteiger partial charge < -0.3 is 5.32 Å². The van der Waals surface area contributed by atoms with Crippen LogP contribution in [0.15, 0.2) is 6.07 Å². The molecule has 2 aromatic heterocycles. The van der Waals surface area contributed by atoms with Crippen LogP contribution < -0.4 is 5.32 Å². The molecule has 1 saturated heterocycles. The summed E-state index contributed by atoms with van der Waals surface area (Å²) in [4.78, 5) is 17.3. The number of aromatic nitrogens is 3. The number of aryl methyl sites for hydroxylation is 3. The quantitative estimate of drug-likeness (QED) is 0.908. The molecule has 0 spiro atoms. The van der Waals surface area contributed by atoms with E-state index in [0.29, 0.717) is 22.8 Å². The molecule has 9 heteroatoms. The summed E-state index contributed by atoms with van der Waals surface area (Å²) < 4.78 is 25.0. The molecule has 0 bridgehead atoms. The zero-order valence-electron chi connectivity index (χ0n) is 13.2. The molecule has 3 heterocycles. The van der Waals surface area contributed by atoms with Gasteiger partial charge in [0.1, 0.15) is 10.7 Å². The molecule has 1 amide bonds. The van der Waals surface area contributed by atoms with Gasteiger partial charge in [0.25, 0.3) is 5.91 Å². The van der Waals surface area contributed by atoms with E-state index in [1.165, 1.54) is 11.3 Å². The molecule has 1 fully saturated rings. The van der Waals surface area contributed by atoms with Gasteiger partial charge in [-0.05, 0) is 27.2 Å². The number of sulfone groups is 1. The summed E-state index contributed by atoms with van der Waals surface area (Å²) in [5.74, 6) is 0.516. The Hall–Kier alpha value is -1.74. The fraction of sp³-hybridized carbons (Fsp3) is 0.500. The molecule has 124 valence electrons. The van der Waals surface area contributed by atoms with Gasteiger partial charge in [0.15, 0.2) is 9.84 Å². The zero-order chi connectivity index (χ0) is 16.8. The van der Waals surface area contributed by atoms with Crippen LogP contribution in [-0.2, 0) is 9.84 Å². The smallest absolute Gasteiger partial charge is 0.268 e. The van der Waals surface area contributed by atoms with Crippen LogP contribution in [-0.4, -0.2) is 40.6 Å². The molecule has 0 saturated carbocycles. The predicted octanol–water partition coefficient (Wildman–Crippen LogP) is 1.88. The van der Waals surface area contributed by atoms with Crippen molar-refractivity contribution in [1.29, 1.82) is 0 Å². The van der Waals surface area contributed by atoms with Crippen molar-refractivity contribution in [1.82, 2.24) is 14.8 Å². The second-order valence-electron chi connectivity index (χ2n) is 5.77. The van der Waals surface area contributed by atoms with Crippen LogP contribution in [0.5, 0.6) is 0 Å². The van der Waals surface area contributed by atoms with Crippen molar-refractivity contribution in [3.63, 3.8) is 0 Å². The van der Waals surface area contributed by atoms with Crippen molar-refractivity contribution in [3.05, 3.63) is 27.3 Å². The van der Waals surface area contributed by atoms with Crippen molar-refractivity contribution < 1.29 is 13.2 Å². The van der Waals surface area contributed by atoms with Gasteiger partial charge in [-0.3, -0.25) is 4.79 Å². The number of amides is 1. The minimum atomic E-state index is -3.02. The molecule has 23 heavy (non-hydrogen) atoms. The van der Waals surface area contributed by atoms with Crippen molar-refractivity contribution in [2.75, 3.05) is 16.8 Å². The standard InChI is InChI=1S/C14H18N4O3S2/c1-8-6-12(16-14(19)13-9(2)15-10(3)22-13)18(17-8)11-4-5-23(20,21)7-11/h6,11H,4-5,7H2,1-3H3,(H,16,19)/t11-/m1/s1. The number of rotatable bonds is 3. The van der Waals surface area contributed by atoms with E-state index in [9.17, 15) is 13.2 Å². The molecule has 0 aromatic carbocycles. The van der Waals surface area contributed by atoms with Gasteiger partial charge in [0.2, 0.25) is 0 Å². The Morgan fingerprint density at radius 3 is 2.70 bits per heavy atom. The van der Waals surface area contributed by atoms with Gasteiger partial charge >= 0.3 is 0 Å². The van der Waals surface area contributed by atoms with Gasteiger partial charge in [-0.25, -0.2) is 18.1 Å². The highest BCUT2D eigenvalue weighted by Crippen LogP contribution is 2.28. The zero-order valence-corrected chi connectivity index (χ0v) is 14.8. The molecular formula is C14H18N4O3S2. The van der Waals surface area contributed by atoms with E-state index in [0.717, 1.165) is 10.7 Å². The first-order chi connectivity index (χ1) is 10.7. The Kier molecular flexibility index (Phi) is 4.01. The van der Waals surface area contributed by atoms with Crippen molar-refractivity contribution >= 4 is 32.9 Å². The average molecular weight is 354 g/mol. The summed E-state index contributed by atoms with van der Waals surface area (Å²) in [5, 5.41) is 8.03. The van der Waals surface area contributed by atoms with Crippen LogP contribution in [0.25, 0.3) is 0 Å². The molecule has 0 radical (unpaired) electrons. The Balaban J connectivity index is 1.86. The maximum atomic E-state index is 12.5. The Morgan fingerprint density at radius 1 is 1.39 bits per heavy atom. The maximum Gasteiger partial charge on any atom is 0.268 e. The van der Waals surface area contributed by atoms with E-state index in [2.05, 4.69) is 15.4 Å². The highest BCUT2D eigenvalue weighted by atomic mass is 32.2. The summed E-state index contributed by atoms with van der Waals surface area (Å²) in [5.41, 5.74) is 1.43. The molecule has 7 nitrogen and oxygen atoms in total. The largest absolute Gasteiger partial charge is 0.306 e. The topological polar surface area (TPSA) is 94.0 Å². The maximum absolute atomic E-state index is 12.5. The van der Waals surface area contributed by atoms with Gasteiger partial charge in [-0.1, -0.05) is 0 Å². The number of hydrogen-bond donors (Lipinski definition) is 1. The fourth-order valence-corrected chi connectivity index (χ4v) is 5.28. The number of anilines is 1. The van der Waals surface area contributed by atoms with Gasteiger partial charge in [-0.15, -0.1) is 11.3 Å². The molecule has 2 aromatic rings. The third-order valence-corrected chi connectivity index (χ3v) is 6.59. The third kappa shape index (κ3) is 3.30. The van der Waals surface area contributed by atoms with E-state index in [-0.39, 0.29) is 23.5 Å². The first-order valence-electron chi connectivity index (χ1n) is 7.27. The lowest BCUT2D eigenvalue weighted by atomic mass is 10.3. The van der Waals surface area contributed by atoms with Crippen molar-refractivity contribution in [2.24, 2.45) is 0 Å². The molecule has 0 unspecified atom stereocenters. The monoisotopic (exact) mass is 354 g/mol. The van der Waals surface area contributed by atoms with Gasteiger partial charge in [0, 0.05) is 6.07 Å². The number of thiazole rings is 1. The van der Waals surface area contributed by atoms with E-state index in [1.807, 2.05) is 13.8 Å². The molecule has 1 atom stereocenters. The van der Waals surface area contributed by atoms with Gasteiger partial charge in [-0.2, -0.15) is 5.10 Å². The van der Waals surface area contributed by atoms with Crippen LogP contribution >= 0.6 is 11.3 Å². The number of hydrogen-bond acceptors (Lipinski definition) is 6. The SMILES string of the molecule is Cc1cc(NC(=O)c2sc(C)nc2C)n([C@@H]2CCS(=O)(=O)C2)n1. The Morgan fingerprint density at radius 2 is 2.13 bits per heavy atom. The Labute approximate surface area is 138 Å². The van der Waals surface area contributed by atoms with Crippen molar-refractivity contribution in [3.8, 4) is 0 Å². The second-order valence-corrected chi connectivity index (χ2v) is 9.21. The summed E-state index contributed by atoms with van der Waals surface area (Å²) in [7, 11) is -3.02. The molecule has 1 aliphatic rings. The molecule has 1 aliphatic heterocycles. The van der Waals surface area contributed by atoms with E-state index < -0.39 is 9.84 Å². The predicted molar refractivity (Wildman–Crippen MR) is 88.8 cm³/mol. The lowest BCUT2D eigenvalue weighted by molar-refractivity contribution is 0.102. The fourth-order valence-electron chi connectivity index (χ4n) is 2.77. The lowest BCUT2D eigenvalue weighted by Crippen LogP contribution is -2.19. The van der Waals surface area contributed by atoms with Crippen molar-refractivity contribution in [2.45, 2.75) is 33.2 Å². The van der Waals surface area contributed by atoms with E-state index in [1.54, 1.807) is 17.7 Å². The number of nitrogens with one attached hydrogen (secondary N) is 1. The summed E-state index contributed by atoms with van der Waals surface area (Å²) in [6.07, 6.45) is 0.519. The highest BCUT2D eigenvalue weighted by molar-refractivity contribution is 7.91. The van der Waals surface area contributed by atoms with Crippen LogP contribution in [0.4, 0.5) is 5.82 Å². The molecule has 0 aliphatic carbocycles. The first kappa shape index (κ1) is 16.1. The second kappa shape index (κ2) is 5.72. The molecule has 1 N–H and O–H groups in total. The lowest BCUT2D eigenvalue weighted by Gasteiger charge is -2.13. The number of carbonyl (C=O) groups excluding carboxylic acids is 1. The van der Waals surface area contributed by atoms with Crippen LogP contribution in [0.2, 0.25) is 0 Å². The van der Waals surface area contributed by atoms with Crippen LogP contribution in [0.1, 0.15) is 38.5 Å². The highest BCUT2D eigenvalue weighted by Gasteiger charge is 2.31. The molecule has 3 rings (SSSR count). The summed E-state index contributed by atoms with van der Waals surface area (Å²) >= 11 is 1.34. The molecular weight excluding hydrogens is 336 g/mol. The van der Waals surface area contributed by atoms with E-state index in [4.69, 9.17) is 0 Å².